The Balaban J connectivity index is 1.98. The van der Waals surface area contributed by atoms with E-state index in [9.17, 15) is 4.79 Å². The Kier molecular flexibility index (Phi) is 4.68. The number of esters is 1. The minimum Gasteiger partial charge on any atom is -0.487 e. The Labute approximate surface area is 116 Å². The lowest BCUT2D eigenvalue weighted by atomic mass is 10.2. The maximum atomic E-state index is 11.3. The predicted molar refractivity (Wildman–Crippen MR) is 72.3 cm³/mol. The highest BCUT2D eigenvalue weighted by Crippen LogP contribution is 2.14. The first kappa shape index (κ1) is 14.0. The molecule has 1 heterocycles. The number of carbonyl (C=O) groups is 1. The van der Waals surface area contributed by atoms with Gasteiger partial charge in [0.2, 0.25) is 0 Å². The largest absolute Gasteiger partial charge is 0.487 e. The van der Waals surface area contributed by atoms with Crippen LogP contribution in [0, 0.1) is 0 Å². The molecule has 0 fully saturated rings. The normalized spacial score (nSPS) is 10.1. The van der Waals surface area contributed by atoms with Gasteiger partial charge in [-0.05, 0) is 29.8 Å². The highest BCUT2D eigenvalue weighted by molar-refractivity contribution is 5.88. The number of benzene rings is 1. The molecule has 1 aromatic heterocycles. The lowest BCUT2D eigenvalue weighted by molar-refractivity contribution is 0.0600. The van der Waals surface area contributed by atoms with Crippen molar-refractivity contribution in [3.63, 3.8) is 0 Å². The van der Waals surface area contributed by atoms with Gasteiger partial charge < -0.3 is 14.6 Å². The van der Waals surface area contributed by atoms with Crippen LogP contribution in [-0.4, -0.2) is 23.2 Å². The monoisotopic (exact) mass is 273 g/mol. The zero-order valence-corrected chi connectivity index (χ0v) is 11.1. The number of hydrogen-bond acceptors (Lipinski definition) is 5. The summed E-state index contributed by atoms with van der Waals surface area (Å²) in [5, 5.41) is 9.04. The first-order chi connectivity index (χ1) is 9.72. The number of hydrogen-bond donors (Lipinski definition) is 1. The van der Waals surface area contributed by atoms with Crippen molar-refractivity contribution in [3.05, 3.63) is 59.4 Å². The Morgan fingerprint density at radius 1 is 1.30 bits per heavy atom. The lowest BCUT2D eigenvalue weighted by Crippen LogP contribution is -2.04. The summed E-state index contributed by atoms with van der Waals surface area (Å²) in [5.41, 5.74) is 1.89. The molecule has 0 aliphatic carbocycles. The van der Waals surface area contributed by atoms with Gasteiger partial charge in [-0.25, -0.2) is 4.79 Å². The molecule has 20 heavy (non-hydrogen) atoms. The molecule has 5 heteroatoms. The topological polar surface area (TPSA) is 68.7 Å². The molecule has 0 radical (unpaired) electrons. The number of pyridine rings is 1. The molecule has 1 aromatic carbocycles. The summed E-state index contributed by atoms with van der Waals surface area (Å²) in [5.74, 6) is 0.246. The third-order valence-electron chi connectivity index (χ3n) is 2.71. The number of ether oxygens (including phenoxy) is 2. The van der Waals surface area contributed by atoms with Crippen LogP contribution in [0.5, 0.6) is 5.75 Å². The molecule has 0 bridgehead atoms. The summed E-state index contributed by atoms with van der Waals surface area (Å²) in [6.45, 7) is 0.264. The van der Waals surface area contributed by atoms with Gasteiger partial charge in [0.25, 0.3) is 0 Å². The smallest absolute Gasteiger partial charge is 0.339 e. The summed E-state index contributed by atoms with van der Waals surface area (Å²) in [7, 11) is 1.33. The molecule has 0 saturated carbocycles. The number of rotatable bonds is 5. The van der Waals surface area contributed by atoms with E-state index in [1.54, 1.807) is 18.2 Å². The first-order valence-electron chi connectivity index (χ1n) is 6.09. The fourth-order valence-corrected chi connectivity index (χ4v) is 1.64. The molecule has 0 aliphatic heterocycles. The maximum absolute atomic E-state index is 11.3. The second-order valence-electron chi connectivity index (χ2n) is 4.12. The Morgan fingerprint density at radius 2 is 2.15 bits per heavy atom. The molecule has 0 spiro atoms. The van der Waals surface area contributed by atoms with Gasteiger partial charge >= 0.3 is 5.97 Å². The SMILES string of the molecule is COC(=O)c1ccc(COc2cccc(CO)c2)nc1. The number of carbonyl (C=O) groups excluding carboxylic acids is 1. The number of nitrogens with zero attached hydrogens (tertiary/aromatic N) is 1. The summed E-state index contributed by atoms with van der Waals surface area (Å²) in [4.78, 5) is 15.4. The van der Waals surface area contributed by atoms with Gasteiger partial charge in [-0.1, -0.05) is 12.1 Å². The van der Waals surface area contributed by atoms with E-state index < -0.39 is 5.97 Å². The van der Waals surface area contributed by atoms with Crippen LogP contribution in [0.1, 0.15) is 21.6 Å². The highest BCUT2D eigenvalue weighted by Gasteiger charge is 2.05. The lowest BCUT2D eigenvalue weighted by Gasteiger charge is -2.07. The molecule has 1 N–H and O–H groups in total. The molecule has 2 rings (SSSR count). The third-order valence-corrected chi connectivity index (χ3v) is 2.71. The molecule has 0 saturated heterocycles. The Bertz CT molecular complexity index is 581. The molecular weight excluding hydrogens is 258 g/mol. The zero-order chi connectivity index (χ0) is 14.4. The summed E-state index contributed by atoms with van der Waals surface area (Å²) < 4.78 is 10.2. The van der Waals surface area contributed by atoms with E-state index in [0.29, 0.717) is 17.0 Å². The summed E-state index contributed by atoms with van der Waals surface area (Å²) in [6, 6.07) is 10.6. The number of aliphatic hydroxyl groups is 1. The van der Waals surface area contributed by atoms with E-state index in [4.69, 9.17) is 9.84 Å². The van der Waals surface area contributed by atoms with Gasteiger partial charge in [0.1, 0.15) is 12.4 Å². The van der Waals surface area contributed by atoms with Crippen molar-refractivity contribution in [3.8, 4) is 5.75 Å². The quantitative estimate of drug-likeness (QED) is 0.843. The minimum atomic E-state index is -0.416. The fraction of sp³-hybridized carbons (Fsp3) is 0.200. The average molecular weight is 273 g/mol. The van der Waals surface area contributed by atoms with Gasteiger partial charge in [-0.2, -0.15) is 0 Å². The zero-order valence-electron chi connectivity index (χ0n) is 11.1. The van der Waals surface area contributed by atoms with Gasteiger partial charge in [0, 0.05) is 6.20 Å². The van der Waals surface area contributed by atoms with Crippen LogP contribution in [0.2, 0.25) is 0 Å². The van der Waals surface area contributed by atoms with Crippen LogP contribution in [-0.2, 0) is 18.0 Å². The molecule has 0 atom stereocenters. The Morgan fingerprint density at radius 3 is 2.80 bits per heavy atom. The standard InChI is InChI=1S/C15H15NO4/c1-19-15(18)12-5-6-13(16-8-12)10-20-14-4-2-3-11(7-14)9-17/h2-8,17H,9-10H2,1H3. The second kappa shape index (κ2) is 6.68. The van der Waals surface area contributed by atoms with Crippen molar-refractivity contribution in [1.82, 2.24) is 4.98 Å². The number of aromatic nitrogens is 1. The van der Waals surface area contributed by atoms with Crippen molar-refractivity contribution in [2.45, 2.75) is 13.2 Å². The third kappa shape index (κ3) is 3.55. The number of aliphatic hydroxyl groups excluding tert-OH is 1. The van der Waals surface area contributed by atoms with Gasteiger partial charge in [-0.3, -0.25) is 4.98 Å². The Hall–Kier alpha value is -2.40. The van der Waals surface area contributed by atoms with Crippen LogP contribution >= 0.6 is 0 Å². The van der Waals surface area contributed by atoms with E-state index >= 15 is 0 Å². The van der Waals surface area contributed by atoms with Crippen molar-refractivity contribution < 1.29 is 19.4 Å². The van der Waals surface area contributed by atoms with Crippen LogP contribution in [0.3, 0.4) is 0 Å². The minimum absolute atomic E-state index is 0.0245. The first-order valence-corrected chi connectivity index (χ1v) is 6.09. The molecule has 104 valence electrons. The fourth-order valence-electron chi connectivity index (χ4n) is 1.64. The average Bonchev–Trinajstić information content (AvgIpc) is 2.53. The van der Waals surface area contributed by atoms with E-state index in [1.165, 1.54) is 13.3 Å². The predicted octanol–water partition coefficient (Wildman–Crippen LogP) is 1.94. The van der Waals surface area contributed by atoms with Crippen LogP contribution in [0.15, 0.2) is 42.6 Å². The maximum Gasteiger partial charge on any atom is 0.339 e. The van der Waals surface area contributed by atoms with Gasteiger partial charge in [0.05, 0.1) is 25.0 Å². The van der Waals surface area contributed by atoms with Crippen LogP contribution in [0.4, 0.5) is 0 Å². The molecule has 2 aromatic rings. The van der Waals surface area contributed by atoms with Crippen molar-refractivity contribution in [2.75, 3.05) is 7.11 Å². The van der Waals surface area contributed by atoms with Crippen molar-refractivity contribution >= 4 is 5.97 Å². The molecule has 0 amide bonds. The molecular formula is C15H15NO4. The summed E-state index contributed by atoms with van der Waals surface area (Å²) in [6.07, 6.45) is 1.45. The van der Waals surface area contributed by atoms with Crippen LogP contribution in [0.25, 0.3) is 0 Å². The van der Waals surface area contributed by atoms with Crippen molar-refractivity contribution in [2.24, 2.45) is 0 Å². The van der Waals surface area contributed by atoms with Crippen molar-refractivity contribution in [1.29, 1.82) is 0 Å². The summed E-state index contributed by atoms with van der Waals surface area (Å²) >= 11 is 0. The highest BCUT2D eigenvalue weighted by atomic mass is 16.5. The van der Waals surface area contributed by atoms with E-state index in [2.05, 4.69) is 9.72 Å². The second-order valence-corrected chi connectivity index (χ2v) is 4.12. The van der Waals surface area contributed by atoms with E-state index in [-0.39, 0.29) is 13.2 Å². The molecule has 5 nitrogen and oxygen atoms in total. The van der Waals surface area contributed by atoms with Gasteiger partial charge in [-0.15, -0.1) is 0 Å². The van der Waals surface area contributed by atoms with Gasteiger partial charge in [0.15, 0.2) is 0 Å². The van der Waals surface area contributed by atoms with Crippen LogP contribution < -0.4 is 4.74 Å². The number of methoxy groups -OCH3 is 1. The molecule has 0 unspecified atom stereocenters. The van der Waals surface area contributed by atoms with E-state index in [0.717, 1.165) is 5.56 Å². The molecule has 0 aliphatic rings. The van der Waals surface area contributed by atoms with E-state index in [1.807, 2.05) is 18.2 Å².